The van der Waals surface area contributed by atoms with Crippen molar-refractivity contribution in [3.63, 3.8) is 0 Å². The monoisotopic (exact) mass is 431 g/mol. The van der Waals surface area contributed by atoms with Gasteiger partial charge in [-0.3, -0.25) is 19.6 Å². The van der Waals surface area contributed by atoms with Crippen LogP contribution in [0.25, 0.3) is 21.1 Å². The zero-order valence-corrected chi connectivity index (χ0v) is 18.1. The fourth-order valence-corrected chi connectivity index (χ4v) is 5.41. The summed E-state index contributed by atoms with van der Waals surface area (Å²) >= 11 is 1.37. The second kappa shape index (κ2) is 7.70. The number of hydrogen-bond donors (Lipinski definition) is 0. The van der Waals surface area contributed by atoms with Crippen molar-refractivity contribution in [1.29, 1.82) is 0 Å². The second-order valence-corrected chi connectivity index (χ2v) is 8.87. The number of benzene rings is 1. The molecule has 3 aromatic heterocycles. The molecule has 4 heterocycles. The summed E-state index contributed by atoms with van der Waals surface area (Å²) in [6.07, 6.45) is 5.75. The maximum absolute atomic E-state index is 13.3. The summed E-state index contributed by atoms with van der Waals surface area (Å²) in [6, 6.07) is 9.69. The lowest BCUT2D eigenvalue weighted by molar-refractivity contribution is 0.0787. The summed E-state index contributed by atoms with van der Waals surface area (Å²) < 4.78 is 0. The van der Waals surface area contributed by atoms with E-state index >= 15 is 0 Å². The molecule has 4 aromatic rings. The van der Waals surface area contributed by atoms with Crippen molar-refractivity contribution in [2.24, 2.45) is 0 Å². The first-order valence-corrected chi connectivity index (χ1v) is 10.9. The Morgan fingerprint density at radius 1 is 1.06 bits per heavy atom. The number of aromatic nitrogens is 3. The average Bonchev–Trinajstić information content (AvgIpc) is 3.42. The molecule has 0 aliphatic carbocycles. The highest BCUT2D eigenvalue weighted by molar-refractivity contribution is 7.20. The molecular weight excluding hydrogens is 410 g/mol. The van der Waals surface area contributed by atoms with Crippen molar-refractivity contribution in [2.45, 2.75) is 12.3 Å². The van der Waals surface area contributed by atoms with Gasteiger partial charge in [-0.1, -0.05) is 24.3 Å². The first-order valence-electron chi connectivity index (χ1n) is 10.1. The number of likely N-dealkylation sites (tertiary alicyclic amines) is 1. The molecule has 1 saturated heterocycles. The molecule has 0 spiro atoms. The van der Waals surface area contributed by atoms with Gasteiger partial charge in [0.1, 0.15) is 16.0 Å². The van der Waals surface area contributed by atoms with Crippen molar-refractivity contribution in [3.8, 4) is 0 Å². The van der Waals surface area contributed by atoms with Gasteiger partial charge < -0.3 is 9.80 Å². The molecule has 0 unspecified atom stereocenters. The summed E-state index contributed by atoms with van der Waals surface area (Å²) in [7, 11) is 3.49. The maximum atomic E-state index is 13.3. The number of rotatable bonds is 3. The normalized spacial score (nSPS) is 16.2. The number of carbonyl (C=O) groups excluding carboxylic acids is 2. The maximum Gasteiger partial charge on any atom is 0.273 e. The van der Waals surface area contributed by atoms with E-state index in [1.54, 1.807) is 37.6 Å². The highest BCUT2D eigenvalue weighted by Crippen LogP contribution is 2.39. The number of pyridine rings is 1. The fraction of sp³-hybridized carbons (Fsp3) is 0.261. The van der Waals surface area contributed by atoms with Gasteiger partial charge >= 0.3 is 0 Å². The van der Waals surface area contributed by atoms with Crippen molar-refractivity contribution in [1.82, 2.24) is 24.8 Å². The van der Waals surface area contributed by atoms with Crippen LogP contribution in [0, 0.1) is 0 Å². The van der Waals surface area contributed by atoms with Crippen molar-refractivity contribution < 1.29 is 9.59 Å². The molecule has 1 aromatic carbocycles. The van der Waals surface area contributed by atoms with E-state index in [1.165, 1.54) is 11.3 Å². The van der Waals surface area contributed by atoms with E-state index in [-0.39, 0.29) is 17.7 Å². The molecule has 1 fully saturated rings. The van der Waals surface area contributed by atoms with Crippen LogP contribution in [-0.2, 0) is 0 Å². The van der Waals surface area contributed by atoms with E-state index in [9.17, 15) is 9.59 Å². The molecule has 1 atom stereocenters. The first-order chi connectivity index (χ1) is 15.0. The SMILES string of the molecule is CN(C)C(=O)c1sc2nccnc2c1[C@@H]1CCN(C(=O)c2nccc3ccccc23)C1. The van der Waals surface area contributed by atoms with E-state index in [0.29, 0.717) is 23.7 Å². The lowest BCUT2D eigenvalue weighted by Gasteiger charge is -2.18. The molecule has 0 saturated carbocycles. The van der Waals surface area contributed by atoms with Crippen molar-refractivity contribution in [3.05, 3.63) is 65.1 Å². The van der Waals surface area contributed by atoms with Gasteiger partial charge in [0.25, 0.3) is 11.8 Å². The van der Waals surface area contributed by atoms with E-state index in [4.69, 9.17) is 0 Å². The van der Waals surface area contributed by atoms with E-state index in [2.05, 4.69) is 15.0 Å². The molecule has 0 bridgehead atoms. The molecule has 1 aliphatic rings. The smallest absolute Gasteiger partial charge is 0.273 e. The number of amides is 2. The lowest BCUT2D eigenvalue weighted by Crippen LogP contribution is -2.29. The van der Waals surface area contributed by atoms with Gasteiger partial charge in [-0.05, 0) is 17.9 Å². The minimum atomic E-state index is -0.0783. The molecule has 7 nitrogen and oxygen atoms in total. The molecule has 2 amide bonds. The third kappa shape index (κ3) is 3.33. The summed E-state index contributed by atoms with van der Waals surface area (Å²) in [5.41, 5.74) is 2.14. The molecule has 0 radical (unpaired) electrons. The molecule has 31 heavy (non-hydrogen) atoms. The van der Waals surface area contributed by atoms with Gasteiger partial charge in [0.15, 0.2) is 0 Å². The molecule has 156 valence electrons. The van der Waals surface area contributed by atoms with Crippen LogP contribution in [-0.4, -0.2) is 63.8 Å². The third-order valence-corrected chi connectivity index (χ3v) is 6.81. The number of thiophene rings is 1. The van der Waals surface area contributed by atoms with Gasteiger partial charge in [0.05, 0.1) is 4.88 Å². The molecule has 0 N–H and O–H groups in total. The molecule has 1 aliphatic heterocycles. The lowest BCUT2D eigenvalue weighted by atomic mass is 9.97. The quantitative estimate of drug-likeness (QED) is 0.495. The van der Waals surface area contributed by atoms with Crippen LogP contribution in [0.1, 0.15) is 38.1 Å². The Balaban J connectivity index is 1.50. The predicted molar refractivity (Wildman–Crippen MR) is 120 cm³/mol. The van der Waals surface area contributed by atoms with Gasteiger partial charge in [-0.15, -0.1) is 11.3 Å². The molecule has 8 heteroatoms. The summed E-state index contributed by atoms with van der Waals surface area (Å²) in [5, 5.41) is 1.85. The van der Waals surface area contributed by atoms with E-state index in [0.717, 1.165) is 33.1 Å². The Labute approximate surface area is 183 Å². The zero-order chi connectivity index (χ0) is 21.5. The van der Waals surface area contributed by atoms with Crippen LogP contribution in [0.15, 0.2) is 48.9 Å². The Bertz CT molecular complexity index is 1310. The van der Waals surface area contributed by atoms with Crippen LogP contribution < -0.4 is 0 Å². The standard InChI is InChI=1S/C23H21N5O2S/c1-27(2)23(30)20-17(19-21(31-20)26-11-10-25-19)15-8-12-28(13-15)22(29)18-16-6-4-3-5-14(16)7-9-24-18/h3-7,9-11,15H,8,12-13H2,1-2H3/t15-/m1/s1. The topological polar surface area (TPSA) is 79.3 Å². The highest BCUT2D eigenvalue weighted by atomic mass is 32.1. The Kier molecular flexibility index (Phi) is 4.86. The van der Waals surface area contributed by atoms with Crippen molar-refractivity contribution in [2.75, 3.05) is 27.2 Å². The summed E-state index contributed by atoms with van der Waals surface area (Å²) in [4.78, 5) is 44.3. The van der Waals surface area contributed by atoms with Crippen LogP contribution in [0.2, 0.25) is 0 Å². The van der Waals surface area contributed by atoms with Gasteiger partial charge in [-0.2, -0.15) is 0 Å². The average molecular weight is 432 g/mol. The Hall–Kier alpha value is -3.39. The number of hydrogen-bond acceptors (Lipinski definition) is 6. The van der Waals surface area contributed by atoms with Crippen LogP contribution in [0.5, 0.6) is 0 Å². The molecular formula is C23H21N5O2S. The van der Waals surface area contributed by atoms with Crippen LogP contribution >= 0.6 is 11.3 Å². The van der Waals surface area contributed by atoms with Crippen LogP contribution in [0.4, 0.5) is 0 Å². The molecule has 5 rings (SSSR count). The second-order valence-electron chi connectivity index (χ2n) is 7.87. The van der Waals surface area contributed by atoms with Gasteiger partial charge in [-0.25, -0.2) is 4.98 Å². The van der Waals surface area contributed by atoms with E-state index in [1.807, 2.05) is 35.2 Å². The first kappa shape index (κ1) is 19.6. The van der Waals surface area contributed by atoms with Crippen molar-refractivity contribution >= 4 is 44.3 Å². The number of fused-ring (bicyclic) bond motifs is 2. The largest absolute Gasteiger partial charge is 0.344 e. The number of nitrogens with zero attached hydrogens (tertiary/aromatic N) is 5. The minimum absolute atomic E-state index is 0.0308. The Morgan fingerprint density at radius 2 is 1.87 bits per heavy atom. The third-order valence-electron chi connectivity index (χ3n) is 5.72. The fourth-order valence-electron chi connectivity index (χ4n) is 4.20. The summed E-state index contributed by atoms with van der Waals surface area (Å²) in [6.45, 7) is 1.14. The minimum Gasteiger partial charge on any atom is -0.344 e. The predicted octanol–water partition coefficient (Wildman–Crippen LogP) is 3.57. The van der Waals surface area contributed by atoms with Gasteiger partial charge in [0, 0.05) is 62.6 Å². The van der Waals surface area contributed by atoms with Gasteiger partial charge in [0.2, 0.25) is 0 Å². The van der Waals surface area contributed by atoms with E-state index < -0.39 is 0 Å². The highest BCUT2D eigenvalue weighted by Gasteiger charge is 2.34. The van der Waals surface area contributed by atoms with Crippen LogP contribution in [0.3, 0.4) is 0 Å². The number of carbonyl (C=O) groups is 2. The Morgan fingerprint density at radius 3 is 2.71 bits per heavy atom. The zero-order valence-electron chi connectivity index (χ0n) is 17.3. The summed E-state index contributed by atoms with van der Waals surface area (Å²) in [5.74, 6) is -0.103.